The molecule has 1 heterocycles. The average Bonchev–Trinajstić information content (AvgIpc) is 2.43. The van der Waals surface area contributed by atoms with E-state index in [-0.39, 0.29) is 0 Å². The lowest BCUT2D eigenvalue weighted by Crippen LogP contribution is -2.03. The molecule has 0 bridgehead atoms. The molecule has 0 aliphatic heterocycles. The minimum atomic E-state index is 0.791. The van der Waals surface area contributed by atoms with Crippen LogP contribution in [0, 0.1) is 13.8 Å². The van der Waals surface area contributed by atoms with Crippen LogP contribution >= 0.6 is 15.9 Å². The molecule has 20 heavy (non-hydrogen) atoms. The Labute approximate surface area is 128 Å². The molecule has 4 nitrogen and oxygen atoms in total. The fourth-order valence-corrected chi connectivity index (χ4v) is 2.17. The number of aryl methyl sites for hydroxylation is 2. The first-order chi connectivity index (χ1) is 9.60. The Morgan fingerprint density at radius 2 is 1.70 bits per heavy atom. The van der Waals surface area contributed by atoms with Crippen molar-refractivity contribution < 1.29 is 0 Å². The standard InChI is InChI=1S/C15H19BrN4/c1-4-5-17-13-8-14(19-9-18-13)20-12-6-10(2)15(16)11(3)7-12/h6-9H,4-5H2,1-3H3,(H2,17,18,19,20). The molecule has 0 aliphatic carbocycles. The number of aromatic nitrogens is 2. The molecular weight excluding hydrogens is 316 g/mol. The molecule has 0 saturated carbocycles. The maximum atomic E-state index is 4.25. The van der Waals surface area contributed by atoms with Crippen LogP contribution in [-0.4, -0.2) is 16.5 Å². The summed E-state index contributed by atoms with van der Waals surface area (Å²) in [6, 6.07) is 6.11. The molecule has 106 valence electrons. The Morgan fingerprint density at radius 3 is 2.35 bits per heavy atom. The zero-order valence-electron chi connectivity index (χ0n) is 12.0. The zero-order chi connectivity index (χ0) is 14.5. The summed E-state index contributed by atoms with van der Waals surface area (Å²) in [5, 5.41) is 6.57. The molecule has 0 aliphatic rings. The lowest BCUT2D eigenvalue weighted by molar-refractivity contribution is 0.965. The van der Waals surface area contributed by atoms with Gasteiger partial charge in [-0.15, -0.1) is 0 Å². The summed E-state index contributed by atoms with van der Waals surface area (Å²) in [5.74, 6) is 1.63. The quantitative estimate of drug-likeness (QED) is 0.849. The molecule has 0 atom stereocenters. The predicted molar refractivity (Wildman–Crippen MR) is 87.7 cm³/mol. The van der Waals surface area contributed by atoms with Crippen LogP contribution in [0.3, 0.4) is 0 Å². The second kappa shape index (κ2) is 6.70. The molecule has 5 heteroatoms. The van der Waals surface area contributed by atoms with Gasteiger partial charge in [-0.25, -0.2) is 9.97 Å². The van der Waals surface area contributed by atoms with Crippen LogP contribution in [0.25, 0.3) is 0 Å². The van der Waals surface area contributed by atoms with Crippen molar-refractivity contribution in [3.05, 3.63) is 40.1 Å². The Kier molecular flexibility index (Phi) is 4.95. The number of anilines is 3. The van der Waals surface area contributed by atoms with Gasteiger partial charge in [0.1, 0.15) is 18.0 Å². The smallest absolute Gasteiger partial charge is 0.135 e. The van der Waals surface area contributed by atoms with Crippen LogP contribution in [0.1, 0.15) is 24.5 Å². The molecule has 0 amide bonds. The maximum Gasteiger partial charge on any atom is 0.135 e. The lowest BCUT2D eigenvalue weighted by Gasteiger charge is -2.11. The van der Waals surface area contributed by atoms with E-state index in [0.717, 1.165) is 34.8 Å². The van der Waals surface area contributed by atoms with Crippen molar-refractivity contribution in [2.24, 2.45) is 0 Å². The average molecular weight is 335 g/mol. The first-order valence-corrected chi connectivity index (χ1v) is 7.49. The number of nitrogens with zero attached hydrogens (tertiary/aromatic N) is 2. The topological polar surface area (TPSA) is 49.8 Å². The fourth-order valence-electron chi connectivity index (χ4n) is 1.94. The van der Waals surface area contributed by atoms with Gasteiger partial charge in [0.05, 0.1) is 0 Å². The van der Waals surface area contributed by atoms with Crippen LogP contribution < -0.4 is 10.6 Å². The molecule has 0 spiro atoms. The number of nitrogens with one attached hydrogen (secondary N) is 2. The van der Waals surface area contributed by atoms with Crippen LogP contribution in [-0.2, 0) is 0 Å². The SMILES string of the molecule is CCCNc1cc(Nc2cc(C)c(Br)c(C)c2)ncn1. The summed E-state index contributed by atoms with van der Waals surface area (Å²) in [5.41, 5.74) is 3.43. The normalized spacial score (nSPS) is 10.4. The van der Waals surface area contributed by atoms with E-state index in [1.54, 1.807) is 6.33 Å². The summed E-state index contributed by atoms with van der Waals surface area (Å²) in [4.78, 5) is 8.45. The van der Waals surface area contributed by atoms with Gasteiger partial charge in [0.15, 0.2) is 0 Å². The Morgan fingerprint density at radius 1 is 1.05 bits per heavy atom. The van der Waals surface area contributed by atoms with Crippen LogP contribution in [0.2, 0.25) is 0 Å². The molecular formula is C15H19BrN4. The second-order valence-electron chi connectivity index (χ2n) is 4.76. The van der Waals surface area contributed by atoms with Crippen molar-refractivity contribution in [1.29, 1.82) is 0 Å². The summed E-state index contributed by atoms with van der Waals surface area (Å²) in [7, 11) is 0. The van der Waals surface area contributed by atoms with Gasteiger partial charge in [-0.2, -0.15) is 0 Å². The minimum Gasteiger partial charge on any atom is -0.370 e. The monoisotopic (exact) mass is 334 g/mol. The van der Waals surface area contributed by atoms with Crippen molar-refractivity contribution in [2.45, 2.75) is 27.2 Å². The molecule has 1 aromatic carbocycles. The molecule has 2 rings (SSSR count). The van der Waals surface area contributed by atoms with Crippen molar-refractivity contribution in [2.75, 3.05) is 17.2 Å². The molecule has 2 aromatic rings. The van der Waals surface area contributed by atoms with Crippen LogP contribution in [0.4, 0.5) is 17.3 Å². The van der Waals surface area contributed by atoms with E-state index in [2.05, 4.69) is 69.4 Å². The summed E-state index contributed by atoms with van der Waals surface area (Å²) in [6.45, 7) is 7.20. The third-order valence-electron chi connectivity index (χ3n) is 2.93. The largest absolute Gasteiger partial charge is 0.370 e. The number of hydrogen-bond donors (Lipinski definition) is 2. The Bertz CT molecular complexity index is 575. The van der Waals surface area contributed by atoms with Gasteiger partial charge >= 0.3 is 0 Å². The second-order valence-corrected chi connectivity index (χ2v) is 5.56. The first kappa shape index (κ1) is 14.8. The van der Waals surface area contributed by atoms with E-state index in [0.29, 0.717) is 0 Å². The Hall–Kier alpha value is -1.62. The van der Waals surface area contributed by atoms with Gasteiger partial charge in [0.2, 0.25) is 0 Å². The highest BCUT2D eigenvalue weighted by Gasteiger charge is 2.04. The third-order valence-corrected chi connectivity index (χ3v) is 4.18. The van der Waals surface area contributed by atoms with Crippen molar-refractivity contribution in [3.63, 3.8) is 0 Å². The fraction of sp³-hybridized carbons (Fsp3) is 0.333. The van der Waals surface area contributed by atoms with Gasteiger partial charge < -0.3 is 10.6 Å². The van der Waals surface area contributed by atoms with Gasteiger partial charge in [0, 0.05) is 22.8 Å². The number of benzene rings is 1. The van der Waals surface area contributed by atoms with Gasteiger partial charge in [-0.1, -0.05) is 22.9 Å². The maximum absolute atomic E-state index is 4.25. The Balaban J connectivity index is 2.17. The third kappa shape index (κ3) is 3.70. The first-order valence-electron chi connectivity index (χ1n) is 6.70. The van der Waals surface area contributed by atoms with Crippen molar-refractivity contribution in [3.8, 4) is 0 Å². The van der Waals surface area contributed by atoms with Gasteiger partial charge in [-0.05, 0) is 43.5 Å². The van der Waals surface area contributed by atoms with Crippen molar-refractivity contribution >= 4 is 33.3 Å². The highest BCUT2D eigenvalue weighted by molar-refractivity contribution is 9.10. The predicted octanol–water partition coefficient (Wildman–Crippen LogP) is 4.42. The van der Waals surface area contributed by atoms with Crippen molar-refractivity contribution in [1.82, 2.24) is 9.97 Å². The lowest BCUT2D eigenvalue weighted by atomic mass is 10.1. The van der Waals surface area contributed by atoms with E-state index in [1.807, 2.05) is 6.07 Å². The summed E-state index contributed by atoms with van der Waals surface area (Å²) < 4.78 is 1.15. The molecule has 0 radical (unpaired) electrons. The van der Waals surface area contributed by atoms with Gasteiger partial charge in [-0.3, -0.25) is 0 Å². The minimum absolute atomic E-state index is 0.791. The van der Waals surface area contributed by atoms with E-state index >= 15 is 0 Å². The van der Waals surface area contributed by atoms with Crippen LogP contribution in [0.15, 0.2) is 29.0 Å². The van der Waals surface area contributed by atoms with E-state index < -0.39 is 0 Å². The summed E-state index contributed by atoms with van der Waals surface area (Å²) in [6.07, 6.45) is 2.64. The number of hydrogen-bond acceptors (Lipinski definition) is 4. The highest BCUT2D eigenvalue weighted by atomic mass is 79.9. The van der Waals surface area contributed by atoms with E-state index in [9.17, 15) is 0 Å². The number of rotatable bonds is 5. The molecule has 0 fully saturated rings. The highest BCUT2D eigenvalue weighted by Crippen LogP contribution is 2.26. The molecule has 0 saturated heterocycles. The zero-order valence-corrected chi connectivity index (χ0v) is 13.6. The molecule has 0 unspecified atom stereocenters. The number of halogens is 1. The van der Waals surface area contributed by atoms with E-state index in [1.165, 1.54) is 11.1 Å². The molecule has 1 aromatic heterocycles. The summed E-state index contributed by atoms with van der Waals surface area (Å²) >= 11 is 3.58. The van der Waals surface area contributed by atoms with Gasteiger partial charge in [0.25, 0.3) is 0 Å². The molecule has 2 N–H and O–H groups in total. The van der Waals surface area contributed by atoms with E-state index in [4.69, 9.17) is 0 Å². The van der Waals surface area contributed by atoms with Crippen LogP contribution in [0.5, 0.6) is 0 Å².